The summed E-state index contributed by atoms with van der Waals surface area (Å²) in [6, 6.07) is 11.5. The normalized spacial score (nSPS) is 9.78. The molecule has 0 saturated heterocycles. The fourth-order valence-electron chi connectivity index (χ4n) is 1.51. The van der Waals surface area contributed by atoms with E-state index in [1.54, 1.807) is 6.07 Å². The molecule has 0 unspecified atom stereocenters. The molecule has 0 spiro atoms. The van der Waals surface area contributed by atoms with Crippen molar-refractivity contribution in [2.75, 3.05) is 11.1 Å². The first-order valence-electron chi connectivity index (χ1n) is 5.33. The van der Waals surface area contributed by atoms with Gasteiger partial charge in [-0.1, -0.05) is 34.1 Å². The van der Waals surface area contributed by atoms with Crippen LogP contribution in [-0.4, -0.2) is 4.98 Å². The zero-order valence-corrected chi connectivity index (χ0v) is 11.1. The Morgan fingerprint density at radius 2 is 2.17 bits per heavy atom. The lowest BCUT2D eigenvalue weighted by atomic mass is 10.2. The van der Waals surface area contributed by atoms with Gasteiger partial charge < -0.3 is 11.1 Å². The molecule has 0 aliphatic rings. The van der Waals surface area contributed by atoms with Crippen molar-refractivity contribution >= 4 is 27.4 Å². The Labute approximate surface area is 114 Å². The van der Waals surface area contributed by atoms with E-state index >= 15 is 0 Å². The topological polar surface area (TPSA) is 74.7 Å². The minimum Gasteiger partial charge on any atom is -0.396 e. The third-order valence-corrected chi connectivity index (χ3v) is 3.22. The van der Waals surface area contributed by atoms with E-state index in [-0.39, 0.29) is 0 Å². The zero-order chi connectivity index (χ0) is 13.0. The van der Waals surface area contributed by atoms with Crippen molar-refractivity contribution in [3.63, 3.8) is 0 Å². The van der Waals surface area contributed by atoms with Gasteiger partial charge in [0.25, 0.3) is 0 Å². The van der Waals surface area contributed by atoms with E-state index in [1.807, 2.05) is 30.3 Å². The van der Waals surface area contributed by atoms with Crippen LogP contribution in [0, 0.1) is 11.3 Å². The van der Waals surface area contributed by atoms with Crippen LogP contribution in [0.2, 0.25) is 0 Å². The third kappa shape index (κ3) is 2.79. The minimum atomic E-state index is 0.457. The van der Waals surface area contributed by atoms with Crippen LogP contribution in [0.4, 0.5) is 11.5 Å². The highest BCUT2D eigenvalue weighted by Gasteiger charge is 2.03. The van der Waals surface area contributed by atoms with Crippen molar-refractivity contribution in [1.82, 2.24) is 4.98 Å². The molecule has 2 rings (SSSR count). The van der Waals surface area contributed by atoms with Gasteiger partial charge in [-0.2, -0.15) is 5.26 Å². The molecule has 2 aromatic rings. The lowest BCUT2D eigenvalue weighted by molar-refractivity contribution is 1.10. The van der Waals surface area contributed by atoms with Crippen molar-refractivity contribution in [2.24, 2.45) is 0 Å². The molecule has 0 bridgehead atoms. The van der Waals surface area contributed by atoms with Crippen molar-refractivity contribution < 1.29 is 0 Å². The number of hydrogen-bond acceptors (Lipinski definition) is 4. The summed E-state index contributed by atoms with van der Waals surface area (Å²) in [5, 5.41) is 11.9. The van der Waals surface area contributed by atoms with Gasteiger partial charge in [0.2, 0.25) is 0 Å². The quantitative estimate of drug-likeness (QED) is 0.914. The van der Waals surface area contributed by atoms with Crippen LogP contribution in [0.3, 0.4) is 0 Å². The second-order valence-electron chi connectivity index (χ2n) is 3.72. The summed E-state index contributed by atoms with van der Waals surface area (Å²) in [6.07, 6.45) is 1.50. The molecule has 1 heterocycles. The number of nitrogens with one attached hydrogen (secondary N) is 1. The van der Waals surface area contributed by atoms with E-state index in [2.05, 4.69) is 26.2 Å². The van der Waals surface area contributed by atoms with Crippen LogP contribution >= 0.6 is 15.9 Å². The molecule has 0 saturated carbocycles. The van der Waals surface area contributed by atoms with Crippen molar-refractivity contribution in [1.29, 1.82) is 5.26 Å². The molecule has 90 valence electrons. The Morgan fingerprint density at radius 3 is 2.83 bits per heavy atom. The number of aromatic nitrogens is 1. The third-order valence-electron chi connectivity index (χ3n) is 2.45. The summed E-state index contributed by atoms with van der Waals surface area (Å²) in [5.41, 5.74) is 7.86. The molecule has 4 nitrogen and oxygen atoms in total. The Kier molecular flexibility index (Phi) is 3.80. The van der Waals surface area contributed by atoms with Gasteiger partial charge in [0, 0.05) is 17.2 Å². The van der Waals surface area contributed by atoms with Crippen molar-refractivity contribution in [3.8, 4) is 6.07 Å². The standard InChI is InChI=1S/C13H11BrN4/c14-11-4-2-1-3-10(11)8-18-13-12(16)5-9(6-15)7-17-13/h1-5,7H,8,16H2,(H,17,18). The molecule has 0 amide bonds. The number of nitriles is 1. The Morgan fingerprint density at radius 1 is 1.39 bits per heavy atom. The number of rotatable bonds is 3. The van der Waals surface area contributed by atoms with E-state index in [4.69, 9.17) is 11.0 Å². The number of nitrogens with zero attached hydrogens (tertiary/aromatic N) is 2. The maximum Gasteiger partial charge on any atom is 0.149 e. The Balaban J connectivity index is 2.12. The highest BCUT2D eigenvalue weighted by Crippen LogP contribution is 2.20. The molecule has 1 aromatic carbocycles. The molecule has 5 heteroatoms. The minimum absolute atomic E-state index is 0.457. The number of hydrogen-bond donors (Lipinski definition) is 2. The molecular weight excluding hydrogens is 292 g/mol. The monoisotopic (exact) mass is 302 g/mol. The van der Waals surface area contributed by atoms with Gasteiger partial charge in [-0.3, -0.25) is 0 Å². The lowest BCUT2D eigenvalue weighted by Gasteiger charge is -2.09. The van der Waals surface area contributed by atoms with E-state index in [1.165, 1.54) is 6.20 Å². The van der Waals surface area contributed by atoms with Crippen molar-refractivity contribution in [3.05, 3.63) is 52.1 Å². The van der Waals surface area contributed by atoms with Crippen molar-refractivity contribution in [2.45, 2.75) is 6.54 Å². The van der Waals surface area contributed by atoms with Crippen LogP contribution in [0.5, 0.6) is 0 Å². The number of halogens is 1. The van der Waals surface area contributed by atoms with E-state index in [0.717, 1.165) is 10.0 Å². The van der Waals surface area contributed by atoms with E-state index in [9.17, 15) is 0 Å². The largest absolute Gasteiger partial charge is 0.396 e. The molecule has 0 aliphatic carbocycles. The first-order chi connectivity index (χ1) is 8.70. The predicted molar refractivity (Wildman–Crippen MR) is 74.8 cm³/mol. The van der Waals surface area contributed by atoms with Gasteiger partial charge in [0.1, 0.15) is 11.9 Å². The lowest BCUT2D eigenvalue weighted by Crippen LogP contribution is -2.05. The zero-order valence-electron chi connectivity index (χ0n) is 9.52. The summed E-state index contributed by atoms with van der Waals surface area (Å²) in [5.74, 6) is 0.588. The van der Waals surface area contributed by atoms with Gasteiger partial charge in [0.05, 0.1) is 11.3 Å². The van der Waals surface area contributed by atoms with Crippen LogP contribution in [0.15, 0.2) is 41.0 Å². The van der Waals surface area contributed by atoms with Gasteiger partial charge in [-0.05, 0) is 17.7 Å². The maximum atomic E-state index is 8.73. The van der Waals surface area contributed by atoms with E-state index in [0.29, 0.717) is 23.6 Å². The van der Waals surface area contributed by atoms with Gasteiger partial charge in [-0.25, -0.2) is 4.98 Å². The molecule has 18 heavy (non-hydrogen) atoms. The molecule has 0 radical (unpaired) electrons. The number of anilines is 2. The average molecular weight is 303 g/mol. The van der Waals surface area contributed by atoms with Gasteiger partial charge in [-0.15, -0.1) is 0 Å². The summed E-state index contributed by atoms with van der Waals surface area (Å²) < 4.78 is 1.03. The van der Waals surface area contributed by atoms with Crippen LogP contribution in [0.1, 0.15) is 11.1 Å². The number of nitrogen functional groups attached to an aromatic ring is 1. The van der Waals surface area contributed by atoms with E-state index < -0.39 is 0 Å². The Hall–Kier alpha value is -2.06. The van der Waals surface area contributed by atoms with Gasteiger partial charge in [0.15, 0.2) is 0 Å². The highest BCUT2D eigenvalue weighted by molar-refractivity contribution is 9.10. The Bertz CT molecular complexity index is 604. The summed E-state index contributed by atoms with van der Waals surface area (Å²) >= 11 is 3.48. The molecule has 0 atom stereocenters. The first kappa shape index (κ1) is 12.4. The number of pyridine rings is 1. The summed E-state index contributed by atoms with van der Waals surface area (Å²) in [4.78, 5) is 4.12. The fourth-order valence-corrected chi connectivity index (χ4v) is 1.94. The smallest absolute Gasteiger partial charge is 0.149 e. The van der Waals surface area contributed by atoms with Crippen LogP contribution < -0.4 is 11.1 Å². The second kappa shape index (κ2) is 5.52. The van der Waals surface area contributed by atoms with Crippen LogP contribution in [0.25, 0.3) is 0 Å². The SMILES string of the molecule is N#Cc1cnc(NCc2ccccc2Br)c(N)c1. The number of nitrogens with two attached hydrogens (primary N) is 1. The molecule has 1 aromatic heterocycles. The average Bonchev–Trinajstić information content (AvgIpc) is 2.39. The summed E-state index contributed by atoms with van der Waals surface area (Å²) in [7, 11) is 0. The summed E-state index contributed by atoms with van der Waals surface area (Å²) in [6.45, 7) is 0.616. The first-order valence-corrected chi connectivity index (χ1v) is 6.13. The molecular formula is C13H11BrN4. The van der Waals surface area contributed by atoms with Gasteiger partial charge >= 0.3 is 0 Å². The van der Waals surface area contributed by atoms with Crippen LogP contribution in [-0.2, 0) is 6.54 Å². The molecule has 0 aliphatic heterocycles. The second-order valence-corrected chi connectivity index (χ2v) is 4.57. The molecule has 3 N–H and O–H groups in total. The predicted octanol–water partition coefficient (Wildman–Crippen LogP) is 2.91. The highest BCUT2D eigenvalue weighted by atomic mass is 79.9. The number of benzene rings is 1. The fraction of sp³-hybridized carbons (Fsp3) is 0.0769. The maximum absolute atomic E-state index is 8.73. The molecule has 0 fully saturated rings.